The Hall–Kier alpha value is -2.50. The average Bonchev–Trinajstić information content (AvgIpc) is 3.25. The van der Waals surface area contributed by atoms with E-state index in [4.69, 9.17) is 34.8 Å². The first-order valence-corrected chi connectivity index (χ1v) is 12.5. The van der Waals surface area contributed by atoms with Gasteiger partial charge in [-0.15, -0.1) is 0 Å². The summed E-state index contributed by atoms with van der Waals surface area (Å²) in [6.07, 6.45) is -1.86. The van der Waals surface area contributed by atoms with Crippen molar-refractivity contribution in [3.8, 4) is 0 Å². The van der Waals surface area contributed by atoms with E-state index in [2.05, 4.69) is 29.2 Å². The van der Waals surface area contributed by atoms with Gasteiger partial charge in [-0.2, -0.15) is 13.2 Å². The molecule has 0 radical (unpaired) electrons. The van der Waals surface area contributed by atoms with Crippen LogP contribution >= 0.6 is 34.8 Å². The predicted octanol–water partition coefficient (Wildman–Crippen LogP) is 9.68. The highest BCUT2D eigenvalue weighted by molar-refractivity contribution is 6.48. The van der Waals surface area contributed by atoms with Crippen molar-refractivity contribution in [2.45, 2.75) is 31.7 Å². The lowest BCUT2D eigenvalue weighted by Gasteiger charge is -2.19. The molecule has 1 unspecified atom stereocenters. The maximum atomic E-state index is 14.0. The zero-order valence-corrected chi connectivity index (χ0v) is 21.3. The lowest BCUT2D eigenvalue weighted by atomic mass is 9.94. The van der Waals surface area contributed by atoms with Crippen LogP contribution in [0.15, 0.2) is 78.9 Å². The zero-order chi connectivity index (χ0) is 25.4. The Morgan fingerprint density at radius 1 is 0.806 bits per heavy atom. The van der Waals surface area contributed by atoms with Gasteiger partial charge >= 0.3 is 6.18 Å². The lowest BCUT2D eigenvalue weighted by Crippen LogP contribution is -2.19. The van der Waals surface area contributed by atoms with Gasteiger partial charge in [-0.25, -0.2) is 0 Å². The van der Waals surface area contributed by atoms with Crippen LogP contribution in [0.2, 0.25) is 15.1 Å². The maximum Gasteiger partial charge on any atom is 0.399 e. The molecule has 0 saturated heterocycles. The van der Waals surface area contributed by atoms with E-state index in [1.165, 1.54) is 29.3 Å². The molecule has 0 spiro atoms. The van der Waals surface area contributed by atoms with Crippen LogP contribution in [0, 0.1) is 0 Å². The zero-order valence-electron chi connectivity index (χ0n) is 19.0. The minimum atomic E-state index is -4.53. The molecule has 1 nitrogen and oxygen atoms in total. The second kappa shape index (κ2) is 10.1. The number of alkyl halides is 3. The van der Waals surface area contributed by atoms with Gasteiger partial charge in [0.1, 0.15) is 0 Å². The number of hydrogen-bond donors (Lipinski definition) is 0. The Morgan fingerprint density at radius 2 is 1.39 bits per heavy atom. The second-order valence-corrected chi connectivity index (χ2v) is 10.1. The van der Waals surface area contributed by atoms with Crippen LogP contribution in [0.5, 0.6) is 0 Å². The summed E-state index contributed by atoms with van der Waals surface area (Å²) in [6.45, 7) is 2.52. The van der Waals surface area contributed by atoms with Crippen molar-refractivity contribution in [1.82, 2.24) is 4.90 Å². The Kier molecular flexibility index (Phi) is 7.06. The molecule has 36 heavy (non-hydrogen) atoms. The molecule has 0 fully saturated rings. The van der Waals surface area contributed by atoms with E-state index in [0.717, 1.165) is 42.0 Å². The van der Waals surface area contributed by atoms with Crippen LogP contribution in [-0.4, -0.2) is 11.1 Å². The molecule has 1 atom stereocenters. The molecule has 1 aliphatic heterocycles. The number of rotatable bonds is 5. The lowest BCUT2D eigenvalue weighted by molar-refractivity contribution is -0.139. The van der Waals surface area contributed by atoms with Gasteiger partial charge in [-0.05, 0) is 50.7 Å². The van der Waals surface area contributed by atoms with Crippen LogP contribution in [0.4, 0.5) is 13.2 Å². The minimum absolute atomic E-state index is 0.0133. The number of benzene rings is 4. The Labute approximate surface area is 222 Å². The number of fused-ring (bicyclic) bond motifs is 2. The Balaban J connectivity index is 1.46. The quantitative estimate of drug-likeness (QED) is 0.225. The molecule has 1 aliphatic rings. The molecule has 0 amide bonds. The maximum absolute atomic E-state index is 14.0. The van der Waals surface area contributed by atoms with Crippen molar-refractivity contribution in [1.29, 1.82) is 0 Å². The molecule has 0 saturated carbocycles. The van der Waals surface area contributed by atoms with E-state index in [1.54, 1.807) is 0 Å². The Bertz CT molecular complexity index is 1410. The molecular weight excluding hydrogens is 526 g/mol. The standard InChI is InChI=1S/C29H21Cl3F3N/c30-26-13-22(14-27(31)28(26)32)25(29(33,34)35)12-11-18-9-10-21(24-8-4-3-7-23(18)24)17-36-15-19-5-1-2-6-20(19)16-36/h1-14,25H,15-17H2/b12-11+. The van der Waals surface area contributed by atoms with Crippen LogP contribution in [0.1, 0.15) is 33.7 Å². The summed E-state index contributed by atoms with van der Waals surface area (Å²) in [4.78, 5) is 2.37. The van der Waals surface area contributed by atoms with Gasteiger partial charge in [0, 0.05) is 19.6 Å². The van der Waals surface area contributed by atoms with Gasteiger partial charge in [-0.3, -0.25) is 4.90 Å². The summed E-state index contributed by atoms with van der Waals surface area (Å²) in [5.74, 6) is -1.88. The molecule has 0 aromatic heterocycles. The van der Waals surface area contributed by atoms with Gasteiger partial charge in [0.25, 0.3) is 0 Å². The summed E-state index contributed by atoms with van der Waals surface area (Å²) in [6, 6.07) is 22.5. The van der Waals surface area contributed by atoms with E-state index in [1.807, 2.05) is 36.4 Å². The fourth-order valence-electron chi connectivity index (χ4n) is 4.79. The number of allylic oxidation sites excluding steroid dienone is 1. The van der Waals surface area contributed by atoms with Gasteiger partial charge in [0.05, 0.1) is 21.0 Å². The van der Waals surface area contributed by atoms with Crippen molar-refractivity contribution in [2.24, 2.45) is 0 Å². The molecule has 1 heterocycles. The molecule has 0 aliphatic carbocycles. The van der Waals surface area contributed by atoms with Crippen LogP contribution in [0.3, 0.4) is 0 Å². The second-order valence-electron chi connectivity index (χ2n) is 8.95. The SMILES string of the molecule is FC(F)(F)C(/C=C/c1ccc(CN2Cc3ccccc3C2)c2ccccc12)c1cc(Cl)c(Cl)c(Cl)c1. The van der Waals surface area contributed by atoms with Crippen LogP contribution < -0.4 is 0 Å². The average molecular weight is 547 g/mol. The van der Waals surface area contributed by atoms with E-state index >= 15 is 0 Å². The Morgan fingerprint density at radius 3 is 2.00 bits per heavy atom. The summed E-state index contributed by atoms with van der Waals surface area (Å²) in [5.41, 5.74) is 4.45. The van der Waals surface area contributed by atoms with Crippen LogP contribution in [0.25, 0.3) is 16.8 Å². The summed E-state index contributed by atoms with van der Waals surface area (Å²) < 4.78 is 42.0. The van der Waals surface area contributed by atoms with Crippen molar-refractivity contribution < 1.29 is 13.2 Å². The molecule has 7 heteroatoms. The highest BCUT2D eigenvalue weighted by atomic mass is 35.5. The van der Waals surface area contributed by atoms with Gasteiger partial charge < -0.3 is 0 Å². The molecule has 4 aromatic carbocycles. The molecule has 0 N–H and O–H groups in total. The molecule has 0 bridgehead atoms. The fourth-order valence-corrected chi connectivity index (χ4v) is 5.40. The monoisotopic (exact) mass is 545 g/mol. The van der Waals surface area contributed by atoms with Gasteiger partial charge in [-0.1, -0.05) is 108 Å². The third-order valence-electron chi connectivity index (χ3n) is 6.53. The van der Waals surface area contributed by atoms with Crippen molar-refractivity contribution in [3.05, 3.63) is 122 Å². The third kappa shape index (κ3) is 5.14. The minimum Gasteiger partial charge on any atom is -0.291 e. The predicted molar refractivity (Wildman–Crippen MR) is 143 cm³/mol. The summed E-state index contributed by atoms with van der Waals surface area (Å²) in [5, 5.41) is 1.93. The number of halogens is 6. The van der Waals surface area contributed by atoms with Gasteiger partial charge in [0.2, 0.25) is 0 Å². The fraction of sp³-hybridized carbons (Fsp3) is 0.172. The van der Waals surface area contributed by atoms with Crippen LogP contribution in [-0.2, 0) is 19.6 Å². The first-order chi connectivity index (χ1) is 17.2. The van der Waals surface area contributed by atoms with E-state index < -0.39 is 12.1 Å². The largest absolute Gasteiger partial charge is 0.399 e. The normalized spacial score (nSPS) is 15.1. The van der Waals surface area contributed by atoms with Crippen molar-refractivity contribution >= 4 is 51.7 Å². The number of hydrogen-bond acceptors (Lipinski definition) is 1. The van der Waals surface area contributed by atoms with Gasteiger partial charge in [0.15, 0.2) is 0 Å². The van der Waals surface area contributed by atoms with E-state index in [9.17, 15) is 13.2 Å². The first kappa shape index (κ1) is 25.2. The highest BCUT2D eigenvalue weighted by Gasteiger charge is 2.39. The topological polar surface area (TPSA) is 3.24 Å². The highest BCUT2D eigenvalue weighted by Crippen LogP contribution is 2.41. The molecular formula is C29H21Cl3F3N. The molecule has 184 valence electrons. The first-order valence-electron chi connectivity index (χ1n) is 11.4. The van der Waals surface area contributed by atoms with Crippen molar-refractivity contribution in [3.63, 3.8) is 0 Å². The van der Waals surface area contributed by atoms with E-state index in [0.29, 0.717) is 5.56 Å². The number of nitrogens with zero attached hydrogens (tertiary/aromatic N) is 1. The summed E-state index contributed by atoms with van der Waals surface area (Å²) >= 11 is 18.0. The third-order valence-corrected chi connectivity index (χ3v) is 7.73. The smallest absolute Gasteiger partial charge is 0.291 e. The summed E-state index contributed by atoms with van der Waals surface area (Å²) in [7, 11) is 0. The van der Waals surface area contributed by atoms with E-state index in [-0.39, 0.29) is 20.6 Å². The van der Waals surface area contributed by atoms with Crippen molar-refractivity contribution in [2.75, 3.05) is 0 Å². The molecule has 4 aromatic rings. The molecule has 5 rings (SSSR count).